The van der Waals surface area contributed by atoms with Gasteiger partial charge in [-0.25, -0.2) is 0 Å². The van der Waals surface area contributed by atoms with E-state index in [0.717, 1.165) is 37.9 Å². The molecule has 17 heavy (non-hydrogen) atoms. The lowest BCUT2D eigenvalue weighted by atomic mass is 10.0. The number of amides is 1. The van der Waals surface area contributed by atoms with E-state index in [1.54, 1.807) is 6.92 Å². The van der Waals surface area contributed by atoms with E-state index in [4.69, 9.17) is 5.73 Å². The standard InChI is InChI=1S/C14H18N2O/c1-10(17)16-7-4-12-3-2-11(8-13(12)16)9-14(15)5-6-14/h2-3,8H,4-7,9,15H2,1H3. The van der Waals surface area contributed by atoms with Crippen molar-refractivity contribution in [2.24, 2.45) is 5.73 Å². The Balaban J connectivity index is 1.89. The highest BCUT2D eigenvalue weighted by molar-refractivity contribution is 5.93. The lowest BCUT2D eigenvalue weighted by Gasteiger charge is -2.16. The van der Waals surface area contributed by atoms with Crippen LogP contribution in [0.2, 0.25) is 0 Å². The zero-order chi connectivity index (χ0) is 12.0. The van der Waals surface area contributed by atoms with E-state index in [2.05, 4.69) is 18.2 Å². The second-order valence-electron chi connectivity index (χ2n) is 5.42. The molecule has 1 fully saturated rings. The summed E-state index contributed by atoms with van der Waals surface area (Å²) < 4.78 is 0. The molecule has 90 valence electrons. The number of nitrogens with two attached hydrogens (primary N) is 1. The van der Waals surface area contributed by atoms with Crippen LogP contribution in [0, 0.1) is 0 Å². The number of hydrogen-bond acceptors (Lipinski definition) is 2. The predicted molar refractivity (Wildman–Crippen MR) is 68.0 cm³/mol. The van der Waals surface area contributed by atoms with Crippen molar-refractivity contribution >= 4 is 11.6 Å². The van der Waals surface area contributed by atoms with Gasteiger partial charge >= 0.3 is 0 Å². The van der Waals surface area contributed by atoms with Crippen molar-refractivity contribution < 1.29 is 4.79 Å². The lowest BCUT2D eigenvalue weighted by molar-refractivity contribution is -0.116. The SMILES string of the molecule is CC(=O)N1CCc2ccc(CC3(N)CC3)cc21. The molecule has 0 saturated heterocycles. The third kappa shape index (κ3) is 1.95. The molecule has 0 radical (unpaired) electrons. The summed E-state index contributed by atoms with van der Waals surface area (Å²) in [6.07, 6.45) is 4.16. The molecule has 0 atom stereocenters. The second kappa shape index (κ2) is 3.57. The molecule has 0 bridgehead atoms. The quantitative estimate of drug-likeness (QED) is 0.839. The summed E-state index contributed by atoms with van der Waals surface area (Å²) in [4.78, 5) is 13.4. The zero-order valence-corrected chi connectivity index (χ0v) is 10.2. The molecular formula is C14H18N2O. The topological polar surface area (TPSA) is 46.3 Å². The van der Waals surface area contributed by atoms with Gasteiger partial charge in [-0.1, -0.05) is 12.1 Å². The van der Waals surface area contributed by atoms with Crippen LogP contribution in [-0.4, -0.2) is 18.0 Å². The average molecular weight is 230 g/mol. The summed E-state index contributed by atoms with van der Waals surface area (Å²) >= 11 is 0. The van der Waals surface area contributed by atoms with Gasteiger partial charge in [0.05, 0.1) is 0 Å². The van der Waals surface area contributed by atoms with Crippen molar-refractivity contribution in [3.63, 3.8) is 0 Å². The highest BCUT2D eigenvalue weighted by Crippen LogP contribution is 2.37. The monoisotopic (exact) mass is 230 g/mol. The van der Waals surface area contributed by atoms with Crippen LogP contribution in [-0.2, 0) is 17.6 Å². The third-order valence-corrected chi connectivity index (χ3v) is 3.87. The summed E-state index contributed by atoms with van der Waals surface area (Å²) in [6.45, 7) is 2.45. The number of benzene rings is 1. The summed E-state index contributed by atoms with van der Waals surface area (Å²) in [7, 11) is 0. The molecule has 2 N–H and O–H groups in total. The fraction of sp³-hybridized carbons (Fsp3) is 0.500. The van der Waals surface area contributed by atoms with E-state index < -0.39 is 0 Å². The van der Waals surface area contributed by atoms with Crippen LogP contribution in [0.25, 0.3) is 0 Å². The van der Waals surface area contributed by atoms with E-state index in [9.17, 15) is 4.79 Å². The van der Waals surface area contributed by atoms with E-state index >= 15 is 0 Å². The Morgan fingerprint density at radius 1 is 1.47 bits per heavy atom. The Hall–Kier alpha value is -1.35. The van der Waals surface area contributed by atoms with Gasteiger partial charge in [0.2, 0.25) is 5.91 Å². The highest BCUT2D eigenvalue weighted by atomic mass is 16.2. The van der Waals surface area contributed by atoms with Gasteiger partial charge in [-0.3, -0.25) is 4.79 Å². The lowest BCUT2D eigenvalue weighted by Crippen LogP contribution is -2.26. The summed E-state index contributed by atoms with van der Waals surface area (Å²) in [5, 5.41) is 0. The van der Waals surface area contributed by atoms with Crippen LogP contribution in [0.4, 0.5) is 5.69 Å². The summed E-state index contributed by atoms with van der Waals surface area (Å²) in [5.41, 5.74) is 9.81. The van der Waals surface area contributed by atoms with Gasteiger partial charge in [0.15, 0.2) is 0 Å². The molecule has 0 spiro atoms. The van der Waals surface area contributed by atoms with E-state index in [1.165, 1.54) is 11.1 Å². The molecule has 1 aromatic carbocycles. The maximum absolute atomic E-state index is 11.5. The molecule has 1 aliphatic heterocycles. The first-order chi connectivity index (χ1) is 8.07. The van der Waals surface area contributed by atoms with Gasteiger partial charge in [0.1, 0.15) is 0 Å². The van der Waals surface area contributed by atoms with Crippen LogP contribution in [0.1, 0.15) is 30.9 Å². The Bertz CT molecular complexity index is 477. The predicted octanol–water partition coefficient (Wildman–Crippen LogP) is 1.63. The summed E-state index contributed by atoms with van der Waals surface area (Å²) in [5.74, 6) is 0.134. The largest absolute Gasteiger partial charge is 0.325 e. The number of hydrogen-bond donors (Lipinski definition) is 1. The Morgan fingerprint density at radius 2 is 2.24 bits per heavy atom. The second-order valence-corrected chi connectivity index (χ2v) is 5.42. The average Bonchev–Trinajstić information content (AvgIpc) is 2.85. The molecule has 3 rings (SSSR count). The van der Waals surface area contributed by atoms with E-state index in [-0.39, 0.29) is 11.4 Å². The van der Waals surface area contributed by atoms with Gasteiger partial charge in [0.25, 0.3) is 0 Å². The highest BCUT2D eigenvalue weighted by Gasteiger charge is 2.38. The van der Waals surface area contributed by atoms with Crippen LogP contribution in [0.5, 0.6) is 0 Å². The molecular weight excluding hydrogens is 212 g/mol. The number of carbonyl (C=O) groups excluding carboxylic acids is 1. The first-order valence-corrected chi connectivity index (χ1v) is 6.26. The third-order valence-electron chi connectivity index (χ3n) is 3.87. The number of anilines is 1. The first-order valence-electron chi connectivity index (χ1n) is 6.26. The molecule has 1 heterocycles. The molecule has 2 aliphatic rings. The maximum Gasteiger partial charge on any atom is 0.223 e. The van der Waals surface area contributed by atoms with Gasteiger partial charge in [0, 0.05) is 24.7 Å². The van der Waals surface area contributed by atoms with Gasteiger partial charge in [-0.2, -0.15) is 0 Å². The van der Waals surface area contributed by atoms with Crippen LogP contribution >= 0.6 is 0 Å². The molecule has 3 nitrogen and oxygen atoms in total. The van der Waals surface area contributed by atoms with Crippen molar-refractivity contribution in [1.29, 1.82) is 0 Å². The van der Waals surface area contributed by atoms with Crippen LogP contribution < -0.4 is 10.6 Å². The summed E-state index contributed by atoms with van der Waals surface area (Å²) in [6, 6.07) is 6.46. The van der Waals surface area contributed by atoms with Gasteiger partial charge in [-0.15, -0.1) is 0 Å². The molecule has 1 amide bonds. The van der Waals surface area contributed by atoms with Crippen molar-refractivity contribution in [1.82, 2.24) is 0 Å². The van der Waals surface area contributed by atoms with Crippen LogP contribution in [0.3, 0.4) is 0 Å². The number of carbonyl (C=O) groups is 1. The Kier molecular flexibility index (Phi) is 2.26. The molecule has 0 unspecified atom stereocenters. The number of nitrogens with zero attached hydrogens (tertiary/aromatic N) is 1. The van der Waals surface area contributed by atoms with E-state index in [1.807, 2.05) is 4.90 Å². The zero-order valence-electron chi connectivity index (χ0n) is 10.2. The fourth-order valence-electron chi connectivity index (χ4n) is 2.61. The Morgan fingerprint density at radius 3 is 2.88 bits per heavy atom. The minimum absolute atomic E-state index is 0.0356. The number of rotatable bonds is 2. The minimum atomic E-state index is 0.0356. The smallest absolute Gasteiger partial charge is 0.223 e. The van der Waals surface area contributed by atoms with Crippen LogP contribution in [0.15, 0.2) is 18.2 Å². The van der Waals surface area contributed by atoms with Crippen molar-refractivity contribution in [2.45, 2.75) is 38.1 Å². The first kappa shape index (κ1) is 10.8. The molecule has 1 saturated carbocycles. The van der Waals surface area contributed by atoms with Gasteiger partial charge in [-0.05, 0) is 42.9 Å². The van der Waals surface area contributed by atoms with Gasteiger partial charge < -0.3 is 10.6 Å². The minimum Gasteiger partial charge on any atom is -0.325 e. The molecule has 3 heteroatoms. The van der Waals surface area contributed by atoms with Crippen molar-refractivity contribution in [3.8, 4) is 0 Å². The normalized spacial score (nSPS) is 20.2. The van der Waals surface area contributed by atoms with E-state index in [0.29, 0.717) is 0 Å². The molecule has 0 aromatic heterocycles. The maximum atomic E-state index is 11.5. The molecule has 1 aromatic rings. The fourth-order valence-corrected chi connectivity index (χ4v) is 2.61. The Labute approximate surface area is 102 Å². The molecule has 1 aliphatic carbocycles. The van der Waals surface area contributed by atoms with Crippen molar-refractivity contribution in [2.75, 3.05) is 11.4 Å². The van der Waals surface area contributed by atoms with Crippen molar-refractivity contribution in [3.05, 3.63) is 29.3 Å². The number of fused-ring (bicyclic) bond motifs is 1.